The van der Waals surface area contributed by atoms with Crippen LogP contribution >= 0.6 is 0 Å². The maximum absolute atomic E-state index is 10.7. The number of nitriles is 1. The van der Waals surface area contributed by atoms with Gasteiger partial charge in [-0.3, -0.25) is 9.80 Å². The normalized spacial score (nSPS) is 25.9. The van der Waals surface area contributed by atoms with Crippen molar-refractivity contribution < 1.29 is 28.4 Å². The fraction of sp³-hybridized carbons (Fsp3) is 0.531. The molecule has 6 rings (SSSR count). The molecule has 41 heavy (non-hydrogen) atoms. The van der Waals surface area contributed by atoms with Gasteiger partial charge in [-0.1, -0.05) is 25.6 Å². The van der Waals surface area contributed by atoms with Crippen LogP contribution in [0.5, 0.6) is 28.7 Å². The molecule has 9 nitrogen and oxygen atoms in total. The molecule has 5 atom stereocenters. The van der Waals surface area contributed by atoms with Gasteiger partial charge in [0.1, 0.15) is 18.4 Å². The van der Waals surface area contributed by atoms with Gasteiger partial charge in [0.15, 0.2) is 29.8 Å². The van der Waals surface area contributed by atoms with Crippen LogP contribution < -0.4 is 23.7 Å². The molecule has 2 aromatic rings. The van der Waals surface area contributed by atoms with E-state index in [-0.39, 0.29) is 43.8 Å². The third kappa shape index (κ3) is 3.99. The van der Waals surface area contributed by atoms with Gasteiger partial charge in [0.2, 0.25) is 6.79 Å². The molecule has 1 unspecified atom stereocenters. The number of rotatable bonds is 8. The van der Waals surface area contributed by atoms with Gasteiger partial charge in [-0.15, -0.1) is 0 Å². The summed E-state index contributed by atoms with van der Waals surface area (Å²) in [5, 5.41) is 10.7. The number of nitrogens with zero attached hydrogens (tertiary/aromatic N) is 3. The van der Waals surface area contributed by atoms with E-state index in [1.807, 2.05) is 13.8 Å². The zero-order valence-electron chi connectivity index (χ0n) is 24.8. The van der Waals surface area contributed by atoms with E-state index >= 15 is 0 Å². The standard InChI is InChI=1S/C32H39N3O6/c1-8-10-38-29-18(4)30-32(41-16-40-30)26-20(29)13-23-27-25-19(11-17(3)28(37-7)31(25)39-15-36-6)12-22(34(27)5)24(14-33)35(23)21(26)9-2/h8,11,21-24,27H,1,9-10,12-13,15-16H2,2-7H3/t21-,22-,23?,24-,27-/m0/s1. The summed E-state index contributed by atoms with van der Waals surface area (Å²) in [5.41, 5.74) is 6.46. The van der Waals surface area contributed by atoms with E-state index in [0.29, 0.717) is 13.0 Å². The highest BCUT2D eigenvalue weighted by Gasteiger charge is 2.56. The molecule has 1 saturated heterocycles. The van der Waals surface area contributed by atoms with E-state index in [0.717, 1.165) is 69.4 Å². The Morgan fingerprint density at radius 3 is 2.54 bits per heavy atom. The van der Waals surface area contributed by atoms with Gasteiger partial charge >= 0.3 is 0 Å². The Balaban J connectivity index is 1.60. The predicted octanol–water partition coefficient (Wildman–Crippen LogP) is 4.77. The molecule has 0 amide bonds. The third-order valence-electron chi connectivity index (χ3n) is 9.30. The Bertz CT molecular complexity index is 1420. The molecule has 4 heterocycles. The number of likely N-dealkylation sites (N-methyl/N-ethyl adjacent to an activating group) is 1. The summed E-state index contributed by atoms with van der Waals surface area (Å²) in [6.07, 6.45) is 3.98. The van der Waals surface area contributed by atoms with E-state index < -0.39 is 0 Å². The molecular weight excluding hydrogens is 522 g/mol. The Kier molecular flexibility index (Phi) is 7.26. The van der Waals surface area contributed by atoms with Crippen molar-refractivity contribution in [3.05, 3.63) is 52.1 Å². The maximum atomic E-state index is 10.7. The summed E-state index contributed by atoms with van der Waals surface area (Å²) in [6.45, 7) is 10.8. The molecule has 0 aliphatic carbocycles. The number of piperazine rings is 1. The maximum Gasteiger partial charge on any atom is 0.231 e. The Labute approximate surface area is 242 Å². The van der Waals surface area contributed by atoms with Crippen LogP contribution in [0.2, 0.25) is 0 Å². The third-order valence-corrected chi connectivity index (χ3v) is 9.30. The van der Waals surface area contributed by atoms with Crippen molar-refractivity contribution in [1.82, 2.24) is 9.80 Å². The lowest BCUT2D eigenvalue weighted by molar-refractivity contribution is -0.0745. The number of hydrogen-bond donors (Lipinski definition) is 0. The highest BCUT2D eigenvalue weighted by atomic mass is 16.7. The molecule has 0 N–H and O–H groups in total. The number of fused-ring (bicyclic) bond motifs is 9. The van der Waals surface area contributed by atoms with E-state index in [4.69, 9.17) is 28.4 Å². The fourth-order valence-corrected chi connectivity index (χ4v) is 7.81. The second-order valence-corrected chi connectivity index (χ2v) is 11.3. The van der Waals surface area contributed by atoms with E-state index in [1.165, 1.54) is 5.56 Å². The zero-order chi connectivity index (χ0) is 29.0. The van der Waals surface area contributed by atoms with Gasteiger partial charge in [-0.2, -0.15) is 5.26 Å². The Hall–Kier alpha value is -3.45. The minimum absolute atomic E-state index is 0.0135. The first-order valence-corrected chi connectivity index (χ1v) is 14.3. The lowest BCUT2D eigenvalue weighted by Crippen LogP contribution is -2.68. The first-order chi connectivity index (χ1) is 19.9. The SMILES string of the molecule is C=CCOc1c(C)c2c(c3c1CC1[C@H]4c5c(cc(C)c(OC)c5OCOC)C[C@@H]([C@H](C#N)N1[C@H]3CC)N4C)OCO2. The van der Waals surface area contributed by atoms with Crippen LogP contribution in [-0.2, 0) is 17.6 Å². The van der Waals surface area contributed by atoms with E-state index in [1.54, 1.807) is 20.3 Å². The van der Waals surface area contributed by atoms with Crippen molar-refractivity contribution >= 4 is 0 Å². The van der Waals surface area contributed by atoms with E-state index in [2.05, 4.69) is 42.5 Å². The van der Waals surface area contributed by atoms with Crippen molar-refractivity contribution in [2.75, 3.05) is 41.5 Å². The highest BCUT2D eigenvalue weighted by molar-refractivity contribution is 5.66. The highest BCUT2D eigenvalue weighted by Crippen LogP contribution is 2.59. The summed E-state index contributed by atoms with van der Waals surface area (Å²) >= 11 is 0. The quantitative estimate of drug-likeness (QED) is 0.334. The first kappa shape index (κ1) is 27.7. The predicted molar refractivity (Wildman–Crippen MR) is 153 cm³/mol. The lowest BCUT2D eigenvalue weighted by atomic mass is 9.71. The summed E-state index contributed by atoms with van der Waals surface area (Å²) in [4.78, 5) is 4.83. The van der Waals surface area contributed by atoms with Gasteiger partial charge in [0, 0.05) is 47.5 Å². The van der Waals surface area contributed by atoms with E-state index in [9.17, 15) is 5.26 Å². The average molecular weight is 562 g/mol. The molecule has 2 aromatic carbocycles. The second-order valence-electron chi connectivity index (χ2n) is 11.3. The monoisotopic (exact) mass is 561 g/mol. The fourth-order valence-electron chi connectivity index (χ4n) is 7.81. The molecule has 2 bridgehead atoms. The average Bonchev–Trinajstić information content (AvgIpc) is 3.46. The molecule has 4 aliphatic rings. The Morgan fingerprint density at radius 2 is 1.85 bits per heavy atom. The van der Waals surface area contributed by atoms with Crippen molar-refractivity contribution in [3.8, 4) is 34.8 Å². The number of ether oxygens (including phenoxy) is 6. The van der Waals surface area contributed by atoms with Gasteiger partial charge in [0.05, 0.1) is 19.2 Å². The molecule has 1 fully saturated rings. The molecule has 218 valence electrons. The van der Waals surface area contributed by atoms with Crippen LogP contribution in [0.1, 0.15) is 58.8 Å². The van der Waals surface area contributed by atoms with Gasteiger partial charge in [-0.05, 0) is 51.3 Å². The summed E-state index contributed by atoms with van der Waals surface area (Å²) in [7, 11) is 5.45. The van der Waals surface area contributed by atoms with Crippen molar-refractivity contribution in [3.63, 3.8) is 0 Å². The summed E-state index contributed by atoms with van der Waals surface area (Å²) in [5.74, 6) is 3.80. The van der Waals surface area contributed by atoms with Crippen molar-refractivity contribution in [2.45, 2.75) is 70.2 Å². The largest absolute Gasteiger partial charge is 0.493 e. The molecule has 0 saturated carbocycles. The topological polar surface area (TPSA) is 85.7 Å². The van der Waals surface area contributed by atoms with Crippen LogP contribution in [0.15, 0.2) is 18.7 Å². The lowest BCUT2D eigenvalue weighted by Gasteiger charge is -2.60. The van der Waals surface area contributed by atoms with Crippen LogP contribution in [0.25, 0.3) is 0 Å². The molecule has 0 spiro atoms. The number of methoxy groups -OCH3 is 2. The molecule has 9 heteroatoms. The zero-order valence-corrected chi connectivity index (χ0v) is 24.8. The molecule has 0 aromatic heterocycles. The summed E-state index contributed by atoms with van der Waals surface area (Å²) in [6, 6.07) is 4.51. The number of benzene rings is 2. The van der Waals surface area contributed by atoms with Crippen LogP contribution in [0, 0.1) is 25.2 Å². The minimum Gasteiger partial charge on any atom is -0.493 e. The summed E-state index contributed by atoms with van der Waals surface area (Å²) < 4.78 is 36.0. The molecule has 4 aliphatic heterocycles. The van der Waals surface area contributed by atoms with Gasteiger partial charge in [0.25, 0.3) is 0 Å². The van der Waals surface area contributed by atoms with Crippen LogP contribution in [0.4, 0.5) is 0 Å². The first-order valence-electron chi connectivity index (χ1n) is 14.3. The van der Waals surface area contributed by atoms with Crippen LogP contribution in [-0.4, -0.2) is 69.4 Å². The van der Waals surface area contributed by atoms with Gasteiger partial charge < -0.3 is 28.4 Å². The molecule has 0 radical (unpaired) electrons. The van der Waals surface area contributed by atoms with Crippen molar-refractivity contribution in [2.24, 2.45) is 0 Å². The number of aryl methyl sites for hydroxylation is 1. The number of hydrogen-bond acceptors (Lipinski definition) is 9. The van der Waals surface area contributed by atoms with Gasteiger partial charge in [-0.25, -0.2) is 0 Å². The minimum atomic E-state index is -0.310. The smallest absolute Gasteiger partial charge is 0.231 e. The van der Waals surface area contributed by atoms with Crippen LogP contribution in [0.3, 0.4) is 0 Å². The second kappa shape index (κ2) is 10.8. The Morgan fingerprint density at radius 1 is 1.07 bits per heavy atom. The van der Waals surface area contributed by atoms with Crippen molar-refractivity contribution in [1.29, 1.82) is 5.26 Å². The molecular formula is C32H39N3O6.